The number of likely N-dealkylation sites (N-methyl/N-ethyl adjacent to an activating group) is 1. The van der Waals surface area contributed by atoms with Gasteiger partial charge in [-0.2, -0.15) is 16.4 Å². The number of anilines is 1. The van der Waals surface area contributed by atoms with Crippen LogP contribution in [0.3, 0.4) is 0 Å². The van der Waals surface area contributed by atoms with Crippen molar-refractivity contribution >= 4 is 105 Å². The first-order chi connectivity index (χ1) is 70.4. The number of amides is 8. The molecule has 12 atom stereocenters. The van der Waals surface area contributed by atoms with Gasteiger partial charge in [-0.25, -0.2) is 9.78 Å². The second-order valence-electron chi connectivity index (χ2n) is 36.8. The minimum atomic E-state index is -1.91. The average Bonchev–Trinajstić information content (AvgIpc) is 1.68. The summed E-state index contributed by atoms with van der Waals surface area (Å²) in [4.78, 5) is 130. The standard InChI is InChI=1S/C32H41N5O4S.C30H32N2O6.C25H26Cl2N4O4.C24H24N2O4S/c1-21-7-4-8-22(2)26(21)18-24-20-42-28(34-24)19-33-31(40)29(38)30(39)32(41)37-12-6-11-27(37)23-9-5-10-25(17-23)36-15-13-35(3)14-16-36;1-2-38-30(37)24-12-7-6-11-23(24)21-16-14-20(15-17-21)19-31-28(35)26(33)27(34)29(36)32-18-8-13-25(32)22-9-4-3-5-10-22;26-18-7-3-6-16(13-18)21-9-4-11-31(21)25(35)23(33)22(32)24(34)28-14-19-10-12-30(29-19)15-17-5-1-2-8-20(17)27;1-15(16-6-8-17(9-7-16)20-10-11-31-14-20)25-23(29)21(27)22(28)24(30)26-12-18-4-2-3-5-19(18)13-26/h4-5,7-10,17,20,27,29-30,38-39H,6,11-16,18-19H2,1-3H3,(H,33,40);3-7,9-12,14-17,25-27,33-34H,2,8,13,18-19H2,1H3,(H,31,35);1-3,5-8,10,12-13,21-23,32-33H,4,9,11,14-15H2,(H,28,34);2-11,14-15,21-22,27-28H,12-13H2,1H3,(H,25,29)/t27?,29-,30-;25-,26-,27-;21-,22-,23-;15-,21-,22-/m1111/s1. The van der Waals surface area contributed by atoms with E-state index in [4.69, 9.17) is 27.9 Å². The summed E-state index contributed by atoms with van der Waals surface area (Å²) in [7, 11) is 2.12. The van der Waals surface area contributed by atoms with Crippen LogP contribution in [-0.4, -0.2) is 242 Å². The van der Waals surface area contributed by atoms with Crippen molar-refractivity contribution in [3.8, 4) is 22.3 Å². The first-order valence-corrected chi connectivity index (χ1v) is 51.4. The van der Waals surface area contributed by atoms with E-state index in [1.807, 2.05) is 162 Å². The van der Waals surface area contributed by atoms with Crippen LogP contribution in [-0.2, 0) is 88.8 Å². The number of likely N-dealkylation sites (tertiary alicyclic amines) is 3. The maximum atomic E-state index is 13.3. The number of aryl methyl sites for hydroxylation is 2. The zero-order valence-corrected chi connectivity index (χ0v) is 84.9. The number of thiophene rings is 1. The number of carbonyl (C=O) groups excluding carboxylic acids is 9. The van der Waals surface area contributed by atoms with Crippen LogP contribution >= 0.6 is 45.9 Å². The van der Waals surface area contributed by atoms with E-state index in [2.05, 4.69) is 91.7 Å². The second-order valence-corrected chi connectivity index (χ2v) is 39.4. The zero-order valence-electron chi connectivity index (χ0n) is 81.8. The number of nitrogens with one attached hydrogen (secondary N) is 4. The van der Waals surface area contributed by atoms with Gasteiger partial charge in [0, 0.05) is 99.2 Å². The van der Waals surface area contributed by atoms with Gasteiger partial charge in [0.2, 0.25) is 0 Å². The number of aliphatic hydroxyl groups is 8. The number of aliphatic hydroxyl groups excluding tert-OH is 8. The number of thiazole rings is 1. The average molecular weight is 2060 g/mol. The fourth-order valence-corrected chi connectivity index (χ4v) is 20.4. The third-order valence-electron chi connectivity index (χ3n) is 26.8. The highest BCUT2D eigenvalue weighted by molar-refractivity contribution is 7.09. The van der Waals surface area contributed by atoms with Crippen LogP contribution in [0.2, 0.25) is 10.0 Å². The Bertz CT molecular complexity index is 6430. The van der Waals surface area contributed by atoms with E-state index in [1.165, 1.54) is 42.7 Å². The van der Waals surface area contributed by atoms with E-state index < -0.39 is 108 Å². The summed E-state index contributed by atoms with van der Waals surface area (Å²) in [5, 5.41) is 106. The first-order valence-electron chi connectivity index (χ1n) is 48.8. The molecular weight excluding hydrogens is 1940 g/mol. The highest BCUT2D eigenvalue weighted by atomic mass is 35.5. The smallest absolute Gasteiger partial charge is 0.338 e. The third kappa shape index (κ3) is 27.9. The Morgan fingerprint density at radius 2 is 0.993 bits per heavy atom. The molecule has 146 heavy (non-hydrogen) atoms. The van der Waals surface area contributed by atoms with Crippen molar-refractivity contribution in [1.82, 2.24) is 60.5 Å². The lowest BCUT2D eigenvalue weighted by Crippen LogP contribution is -2.50. The minimum absolute atomic E-state index is 0.0289. The number of benzene rings is 9. The molecule has 5 aliphatic rings. The predicted molar refractivity (Wildman–Crippen MR) is 557 cm³/mol. The Morgan fingerprint density at radius 3 is 1.58 bits per heavy atom. The molecule has 8 amide bonds. The molecule has 3 aromatic heterocycles. The summed E-state index contributed by atoms with van der Waals surface area (Å²) in [6, 6.07) is 71.0. The summed E-state index contributed by atoms with van der Waals surface area (Å²) in [6.45, 7) is 14.6. The van der Waals surface area contributed by atoms with Crippen LogP contribution < -0.4 is 26.2 Å². The normalized spacial score (nSPS) is 17.3. The van der Waals surface area contributed by atoms with E-state index >= 15 is 0 Å². The maximum absolute atomic E-state index is 13.3. The Balaban J connectivity index is 0.000000155. The number of carbonyl (C=O) groups is 9. The molecule has 766 valence electrons. The molecule has 31 nitrogen and oxygen atoms in total. The lowest BCUT2D eigenvalue weighted by atomic mass is 9.98. The maximum Gasteiger partial charge on any atom is 0.338 e. The van der Waals surface area contributed by atoms with E-state index in [-0.39, 0.29) is 44.4 Å². The lowest BCUT2D eigenvalue weighted by molar-refractivity contribution is -0.154. The van der Waals surface area contributed by atoms with E-state index in [1.54, 1.807) is 95.6 Å². The van der Waals surface area contributed by atoms with Crippen molar-refractivity contribution in [2.24, 2.45) is 0 Å². The van der Waals surface area contributed by atoms with Crippen molar-refractivity contribution in [3.63, 3.8) is 0 Å². The van der Waals surface area contributed by atoms with Crippen LogP contribution in [0.25, 0.3) is 22.3 Å². The number of hydrogen-bond donors (Lipinski definition) is 12. The van der Waals surface area contributed by atoms with Gasteiger partial charge in [0.25, 0.3) is 47.3 Å². The Morgan fingerprint density at radius 1 is 0.479 bits per heavy atom. The van der Waals surface area contributed by atoms with Gasteiger partial charge < -0.3 is 96.3 Å². The number of rotatable bonds is 32. The monoisotopic (exact) mass is 2060 g/mol. The van der Waals surface area contributed by atoms with Crippen LogP contribution in [0.5, 0.6) is 0 Å². The summed E-state index contributed by atoms with van der Waals surface area (Å²) in [6.07, 6.45) is -7.93. The molecule has 35 heteroatoms. The molecule has 5 aliphatic heterocycles. The summed E-state index contributed by atoms with van der Waals surface area (Å²) >= 11 is 15.3. The van der Waals surface area contributed by atoms with Gasteiger partial charge in [-0.3, -0.25) is 43.0 Å². The van der Waals surface area contributed by atoms with Gasteiger partial charge >= 0.3 is 5.97 Å². The Hall–Kier alpha value is -13.2. The van der Waals surface area contributed by atoms with Gasteiger partial charge in [0.1, 0.15) is 5.01 Å². The molecule has 0 aliphatic carbocycles. The predicted octanol–water partition coefficient (Wildman–Crippen LogP) is 11.8. The van der Waals surface area contributed by atoms with Gasteiger partial charge in [-0.1, -0.05) is 205 Å². The highest BCUT2D eigenvalue weighted by Crippen LogP contribution is 2.39. The number of piperazine rings is 1. The largest absolute Gasteiger partial charge is 0.462 e. The molecule has 1 unspecified atom stereocenters. The molecule has 0 spiro atoms. The summed E-state index contributed by atoms with van der Waals surface area (Å²) in [5.74, 6) is -6.32. The number of aromatic nitrogens is 3. The van der Waals surface area contributed by atoms with Crippen molar-refractivity contribution in [1.29, 1.82) is 0 Å². The van der Waals surface area contributed by atoms with Gasteiger partial charge in [0.15, 0.2) is 48.8 Å². The fraction of sp³-hybridized carbons (Fsp3) is 0.342. The number of ether oxygens (including phenoxy) is 1. The number of esters is 1. The molecule has 0 bridgehead atoms. The fourth-order valence-electron chi connectivity index (χ4n) is 18.6. The van der Waals surface area contributed by atoms with Crippen molar-refractivity contribution < 1.29 is 88.7 Å². The molecule has 4 saturated heterocycles. The van der Waals surface area contributed by atoms with Crippen LogP contribution in [0.1, 0.15) is 164 Å². The van der Waals surface area contributed by atoms with Gasteiger partial charge in [0.05, 0.1) is 67.4 Å². The van der Waals surface area contributed by atoms with E-state index in [0.717, 1.165) is 136 Å². The lowest BCUT2D eigenvalue weighted by Gasteiger charge is -2.35. The number of fused-ring (bicyclic) bond motifs is 1. The van der Waals surface area contributed by atoms with Crippen molar-refractivity contribution in [2.45, 2.75) is 185 Å². The molecular formula is C111H123Cl2N13O18S2. The molecule has 9 aromatic carbocycles. The number of hydrogen-bond acceptors (Lipinski definition) is 24. The van der Waals surface area contributed by atoms with Gasteiger partial charge in [-0.05, 0) is 216 Å². The molecule has 0 radical (unpaired) electrons. The number of nitrogens with zero attached hydrogens (tertiary/aromatic N) is 9. The first kappa shape index (κ1) is 108. The summed E-state index contributed by atoms with van der Waals surface area (Å²) < 4.78 is 6.82. The van der Waals surface area contributed by atoms with Crippen LogP contribution in [0, 0.1) is 13.8 Å². The topological polar surface area (TPSA) is 423 Å². The van der Waals surface area contributed by atoms with Crippen molar-refractivity contribution in [3.05, 3.63) is 346 Å². The zero-order chi connectivity index (χ0) is 104. The van der Waals surface area contributed by atoms with Crippen molar-refractivity contribution in [2.75, 3.05) is 64.4 Å². The Labute approximate surface area is 866 Å². The van der Waals surface area contributed by atoms with E-state index in [0.29, 0.717) is 78.4 Å². The number of halogens is 2. The van der Waals surface area contributed by atoms with E-state index in [9.17, 15) is 84.0 Å². The molecule has 8 heterocycles. The molecule has 0 saturated carbocycles. The third-order valence-corrected chi connectivity index (χ3v) is 29.0. The molecule has 12 N–H and O–H groups in total. The minimum Gasteiger partial charge on any atom is -0.462 e. The highest BCUT2D eigenvalue weighted by Gasteiger charge is 2.43. The summed E-state index contributed by atoms with van der Waals surface area (Å²) in [5.41, 5.74) is 17.8. The second kappa shape index (κ2) is 51.7. The van der Waals surface area contributed by atoms with Gasteiger partial charge in [-0.15, -0.1) is 11.3 Å². The molecule has 4 fully saturated rings. The van der Waals surface area contributed by atoms with Crippen LogP contribution in [0.4, 0.5) is 5.69 Å². The molecule has 12 aromatic rings. The quantitative estimate of drug-likeness (QED) is 0.0174. The SMILES string of the molecule is CCOC(=O)c1ccccc1-c1ccc(CNC(=O)[C@H](O)[C@@H](O)C(=O)N2CCC[C@@H]2c2ccccc2)cc1.C[C@@H](NC(=O)[C@H](O)[C@@H](O)C(=O)N1Cc2ccccc2C1)c1ccc(-c2ccsc2)cc1.Cc1cccc(C)c1Cc1csc(CNC(=O)[C@H](O)[C@@H](O)C(=O)N2CCCC2c2cccc(N3CCN(C)CC3)c2)n1.O=C(NCc1ccn(Cc2ccccc2Cl)n1)[C@H](O)[C@@H](O)C(=O)N1CCC[C@@H]1c1cccc(Cl)c1. The Kier molecular flexibility index (Phi) is 38.4. The molecule has 17 rings (SSSR count). The van der Waals surface area contributed by atoms with Crippen LogP contribution in [0.15, 0.2) is 253 Å².